The van der Waals surface area contributed by atoms with E-state index in [9.17, 15) is 14.0 Å². The minimum absolute atomic E-state index is 0.0611. The molecule has 1 aromatic rings. The van der Waals surface area contributed by atoms with Gasteiger partial charge < -0.3 is 10.6 Å². The molecule has 1 rings (SSSR count). The van der Waals surface area contributed by atoms with Crippen LogP contribution in [0.25, 0.3) is 0 Å². The quantitative estimate of drug-likeness (QED) is 0.765. The second-order valence-electron chi connectivity index (χ2n) is 3.79. The van der Waals surface area contributed by atoms with Crippen LogP contribution >= 0.6 is 11.8 Å². The van der Waals surface area contributed by atoms with Crippen molar-refractivity contribution < 1.29 is 14.0 Å². The first kappa shape index (κ1) is 16.0. The molecule has 7 heteroatoms. The Hall–Kier alpha value is -2.07. The van der Waals surface area contributed by atoms with Gasteiger partial charge in [-0.15, -0.1) is 0 Å². The van der Waals surface area contributed by atoms with Crippen LogP contribution in [0, 0.1) is 17.1 Å². The third-order valence-corrected chi connectivity index (χ3v) is 3.43. The van der Waals surface area contributed by atoms with E-state index in [1.807, 2.05) is 0 Å². The van der Waals surface area contributed by atoms with E-state index in [-0.39, 0.29) is 24.6 Å². The van der Waals surface area contributed by atoms with Crippen molar-refractivity contribution >= 4 is 23.6 Å². The maximum Gasteiger partial charge on any atom is 0.254 e. The smallest absolute Gasteiger partial charge is 0.254 e. The summed E-state index contributed by atoms with van der Waals surface area (Å²) in [5, 5.41) is 12.8. The normalized spacial score (nSPS) is 11.2. The van der Waals surface area contributed by atoms with E-state index in [0.717, 1.165) is 0 Å². The highest BCUT2D eigenvalue weighted by molar-refractivity contribution is 7.99. The Bertz CT molecular complexity index is 531. The van der Waals surface area contributed by atoms with E-state index in [2.05, 4.69) is 10.6 Å². The highest BCUT2D eigenvalue weighted by Gasteiger charge is 2.19. The van der Waals surface area contributed by atoms with Crippen LogP contribution in [0.2, 0.25) is 0 Å². The Kier molecular flexibility index (Phi) is 6.53. The predicted molar refractivity (Wildman–Crippen MR) is 74.7 cm³/mol. The molecule has 5 nitrogen and oxygen atoms in total. The van der Waals surface area contributed by atoms with Gasteiger partial charge in [-0.3, -0.25) is 9.59 Å². The van der Waals surface area contributed by atoms with Crippen molar-refractivity contribution in [3.63, 3.8) is 0 Å². The van der Waals surface area contributed by atoms with Gasteiger partial charge in [-0.2, -0.15) is 17.0 Å². The molecule has 1 aromatic carbocycles. The fourth-order valence-electron chi connectivity index (χ4n) is 1.45. The Morgan fingerprint density at radius 1 is 1.40 bits per heavy atom. The van der Waals surface area contributed by atoms with Crippen molar-refractivity contribution in [3.8, 4) is 6.07 Å². The summed E-state index contributed by atoms with van der Waals surface area (Å²) in [7, 11) is 0. The van der Waals surface area contributed by atoms with Gasteiger partial charge in [0, 0.05) is 6.54 Å². The molecule has 0 aliphatic carbocycles. The summed E-state index contributed by atoms with van der Waals surface area (Å²) in [6.07, 6.45) is 1.71. The van der Waals surface area contributed by atoms with Gasteiger partial charge >= 0.3 is 0 Å². The molecule has 0 radical (unpaired) electrons. The average Bonchev–Trinajstić information content (AvgIpc) is 2.45. The first-order valence-electron chi connectivity index (χ1n) is 5.80. The Labute approximate surface area is 120 Å². The lowest BCUT2D eigenvalue weighted by Gasteiger charge is -2.14. The van der Waals surface area contributed by atoms with Crippen LogP contribution in [-0.4, -0.2) is 36.4 Å². The number of hydrogen-bond acceptors (Lipinski definition) is 4. The number of carbonyl (C=O) groups is 2. The van der Waals surface area contributed by atoms with Crippen LogP contribution < -0.4 is 10.6 Å². The lowest BCUT2D eigenvalue weighted by molar-refractivity contribution is -0.120. The molecule has 0 fully saturated rings. The van der Waals surface area contributed by atoms with Crippen molar-refractivity contribution in [2.24, 2.45) is 0 Å². The van der Waals surface area contributed by atoms with Gasteiger partial charge in [0.15, 0.2) is 0 Å². The molecule has 2 amide bonds. The largest absolute Gasteiger partial charge is 0.350 e. The van der Waals surface area contributed by atoms with E-state index in [4.69, 9.17) is 5.26 Å². The lowest BCUT2D eigenvalue weighted by atomic mass is 10.2. The number of halogens is 1. The maximum absolute atomic E-state index is 13.4. The zero-order valence-electron chi connectivity index (χ0n) is 10.9. The second kappa shape index (κ2) is 8.17. The number of nitrogens with one attached hydrogen (secondary N) is 2. The summed E-state index contributed by atoms with van der Waals surface area (Å²) in [6.45, 7) is -0.0251. The van der Waals surface area contributed by atoms with E-state index in [1.165, 1.54) is 30.0 Å². The zero-order valence-corrected chi connectivity index (χ0v) is 11.7. The molecule has 0 spiro atoms. The predicted octanol–water partition coefficient (Wildman–Crippen LogP) is 0.927. The van der Waals surface area contributed by atoms with Crippen molar-refractivity contribution in [3.05, 3.63) is 35.6 Å². The van der Waals surface area contributed by atoms with Crippen molar-refractivity contribution in [2.75, 3.05) is 19.3 Å². The lowest BCUT2D eigenvalue weighted by Crippen LogP contribution is -2.41. The molecule has 0 saturated heterocycles. The number of hydrogen-bond donors (Lipinski definition) is 2. The van der Waals surface area contributed by atoms with Gasteiger partial charge in [-0.05, 0) is 18.4 Å². The summed E-state index contributed by atoms with van der Waals surface area (Å²) in [5.74, 6) is -1.53. The molecule has 1 unspecified atom stereocenters. The highest BCUT2D eigenvalue weighted by Crippen LogP contribution is 2.08. The number of thioether (sulfide) groups is 1. The zero-order chi connectivity index (χ0) is 15.0. The number of amides is 2. The Balaban J connectivity index is 2.57. The van der Waals surface area contributed by atoms with Crippen molar-refractivity contribution in [2.45, 2.75) is 5.25 Å². The molecule has 0 aliphatic rings. The number of nitriles is 1. The second-order valence-corrected chi connectivity index (χ2v) is 4.83. The first-order chi connectivity index (χ1) is 9.60. The standard InChI is InChI=1S/C13H14FN3O2S/c1-20-11(13(19)16-7-6-15)8-17-12(18)9-4-2-3-5-10(9)14/h2-5,11H,7-8H2,1H3,(H,16,19)(H,17,18). The van der Waals surface area contributed by atoms with Crippen LogP contribution in [0.3, 0.4) is 0 Å². The van der Waals surface area contributed by atoms with Crippen molar-refractivity contribution in [1.29, 1.82) is 5.26 Å². The molecule has 2 N–H and O–H groups in total. The third-order valence-electron chi connectivity index (χ3n) is 2.49. The summed E-state index contributed by atoms with van der Waals surface area (Å²) in [5.41, 5.74) is -0.0650. The van der Waals surface area contributed by atoms with Gasteiger partial charge in [0.1, 0.15) is 17.6 Å². The molecule has 1 atom stereocenters. The Morgan fingerprint density at radius 2 is 2.10 bits per heavy atom. The van der Waals surface area contributed by atoms with Crippen LogP contribution in [0.5, 0.6) is 0 Å². The van der Waals surface area contributed by atoms with E-state index in [0.29, 0.717) is 0 Å². The van der Waals surface area contributed by atoms with Gasteiger partial charge in [0.2, 0.25) is 5.91 Å². The molecular formula is C13H14FN3O2S. The molecule has 0 saturated carbocycles. The van der Waals surface area contributed by atoms with Crippen LogP contribution in [0.4, 0.5) is 4.39 Å². The van der Waals surface area contributed by atoms with Crippen LogP contribution in [-0.2, 0) is 4.79 Å². The fourth-order valence-corrected chi connectivity index (χ4v) is 2.00. The molecule has 0 aliphatic heterocycles. The van der Waals surface area contributed by atoms with Crippen LogP contribution in [0.15, 0.2) is 24.3 Å². The number of rotatable bonds is 6. The topological polar surface area (TPSA) is 82.0 Å². The van der Waals surface area contributed by atoms with Crippen molar-refractivity contribution in [1.82, 2.24) is 10.6 Å². The van der Waals surface area contributed by atoms with Gasteiger partial charge in [-0.1, -0.05) is 12.1 Å². The summed E-state index contributed by atoms with van der Waals surface area (Å²) >= 11 is 1.24. The van der Waals surface area contributed by atoms with Gasteiger partial charge in [0.05, 0.1) is 11.6 Å². The summed E-state index contributed by atoms with van der Waals surface area (Å²) in [6, 6.07) is 7.41. The van der Waals surface area contributed by atoms with Gasteiger partial charge in [0.25, 0.3) is 5.91 Å². The third kappa shape index (κ3) is 4.55. The molecule has 0 bridgehead atoms. The SMILES string of the molecule is CSC(CNC(=O)c1ccccc1F)C(=O)NCC#N. The molecule has 106 valence electrons. The highest BCUT2D eigenvalue weighted by atomic mass is 32.2. The Morgan fingerprint density at radius 3 is 2.70 bits per heavy atom. The minimum Gasteiger partial charge on any atom is -0.350 e. The maximum atomic E-state index is 13.4. The average molecular weight is 295 g/mol. The minimum atomic E-state index is -0.611. The van der Waals surface area contributed by atoms with E-state index < -0.39 is 17.0 Å². The van der Waals surface area contributed by atoms with E-state index in [1.54, 1.807) is 18.4 Å². The number of carbonyl (C=O) groups excluding carboxylic acids is 2. The number of nitrogens with zero attached hydrogens (tertiary/aromatic N) is 1. The monoisotopic (exact) mass is 295 g/mol. The molecule has 20 heavy (non-hydrogen) atoms. The first-order valence-corrected chi connectivity index (χ1v) is 7.09. The van der Waals surface area contributed by atoms with E-state index >= 15 is 0 Å². The van der Waals surface area contributed by atoms with Gasteiger partial charge in [-0.25, -0.2) is 4.39 Å². The van der Waals surface area contributed by atoms with Crippen LogP contribution in [0.1, 0.15) is 10.4 Å². The fraction of sp³-hybridized carbons (Fsp3) is 0.308. The molecule has 0 heterocycles. The molecular weight excluding hydrogens is 281 g/mol. The molecule has 0 aromatic heterocycles. The summed E-state index contributed by atoms with van der Waals surface area (Å²) in [4.78, 5) is 23.4. The number of benzene rings is 1. The summed E-state index contributed by atoms with van der Waals surface area (Å²) < 4.78 is 13.4.